The first-order chi connectivity index (χ1) is 12.4. The second-order valence-electron chi connectivity index (χ2n) is 7.72. The van der Waals surface area contributed by atoms with Gasteiger partial charge >= 0.3 is 0 Å². The molecule has 7 nitrogen and oxygen atoms in total. The molecular weight excluding hydrogens is 366 g/mol. The molecular formula is C19H31N3O4S. The lowest BCUT2D eigenvalue weighted by atomic mass is 10.1. The average molecular weight is 398 g/mol. The van der Waals surface area contributed by atoms with Crippen molar-refractivity contribution >= 4 is 27.5 Å². The number of nitrogens with one attached hydrogen (secondary N) is 3. The average Bonchev–Trinajstić information content (AvgIpc) is 2.53. The van der Waals surface area contributed by atoms with Crippen LogP contribution in [-0.4, -0.2) is 37.6 Å². The predicted molar refractivity (Wildman–Crippen MR) is 108 cm³/mol. The highest BCUT2D eigenvalue weighted by molar-refractivity contribution is 7.90. The van der Waals surface area contributed by atoms with Crippen molar-refractivity contribution in [1.29, 1.82) is 0 Å². The van der Waals surface area contributed by atoms with Crippen molar-refractivity contribution in [3.05, 3.63) is 29.8 Å². The lowest BCUT2D eigenvalue weighted by Crippen LogP contribution is -2.39. The van der Waals surface area contributed by atoms with Gasteiger partial charge in [0.15, 0.2) is 0 Å². The van der Waals surface area contributed by atoms with Crippen molar-refractivity contribution in [3.8, 4) is 0 Å². The maximum Gasteiger partial charge on any atom is 0.251 e. The van der Waals surface area contributed by atoms with Gasteiger partial charge in [0.25, 0.3) is 5.91 Å². The van der Waals surface area contributed by atoms with Gasteiger partial charge in [0.1, 0.15) is 0 Å². The normalized spacial score (nSPS) is 12.1. The first-order valence-corrected chi connectivity index (χ1v) is 10.6. The van der Waals surface area contributed by atoms with E-state index in [-0.39, 0.29) is 17.9 Å². The van der Waals surface area contributed by atoms with E-state index in [2.05, 4.69) is 15.4 Å². The minimum atomic E-state index is -3.35. The number of anilines is 1. The lowest BCUT2D eigenvalue weighted by molar-refractivity contribution is -0.116. The first-order valence-electron chi connectivity index (χ1n) is 9.12. The Kier molecular flexibility index (Phi) is 8.43. The van der Waals surface area contributed by atoms with Crippen molar-refractivity contribution in [2.24, 2.45) is 0 Å². The molecule has 8 heteroatoms. The molecule has 1 aromatic carbocycles. The van der Waals surface area contributed by atoms with Crippen LogP contribution in [0.5, 0.6) is 0 Å². The van der Waals surface area contributed by atoms with E-state index < -0.39 is 14.8 Å². The maximum absolute atomic E-state index is 12.0. The van der Waals surface area contributed by atoms with Gasteiger partial charge in [-0.2, -0.15) is 0 Å². The maximum atomic E-state index is 12.0. The second-order valence-corrected chi connectivity index (χ2v) is 10.2. The molecule has 0 aliphatic carbocycles. The molecule has 0 atom stereocenters. The minimum Gasteiger partial charge on any atom is -0.350 e. The molecule has 27 heavy (non-hydrogen) atoms. The Labute approximate surface area is 162 Å². The Bertz CT molecular complexity index is 735. The number of carbonyl (C=O) groups excluding carboxylic acids is 2. The van der Waals surface area contributed by atoms with Crippen molar-refractivity contribution < 1.29 is 18.0 Å². The smallest absolute Gasteiger partial charge is 0.251 e. The van der Waals surface area contributed by atoms with E-state index in [9.17, 15) is 18.0 Å². The standard InChI is InChI=1S/C19H31N3O4S/c1-14(2)21-18(24)15-9-11-16(12-10-15)22-17(23)8-6-7-13-20-27(25,26)19(3,4)5/h9-12,14,20H,6-8,13H2,1-5H3,(H,21,24)(H,22,23). The number of benzene rings is 1. The van der Waals surface area contributed by atoms with Gasteiger partial charge in [-0.05, 0) is 71.7 Å². The molecule has 0 saturated heterocycles. The molecule has 3 N–H and O–H groups in total. The number of sulfonamides is 1. The molecule has 0 aromatic heterocycles. The van der Waals surface area contributed by atoms with Gasteiger partial charge < -0.3 is 10.6 Å². The van der Waals surface area contributed by atoms with Gasteiger partial charge in [-0.3, -0.25) is 9.59 Å². The van der Waals surface area contributed by atoms with Gasteiger partial charge in [-0.15, -0.1) is 0 Å². The Balaban J connectivity index is 2.36. The van der Waals surface area contributed by atoms with Crippen LogP contribution in [0.4, 0.5) is 5.69 Å². The summed E-state index contributed by atoms with van der Waals surface area (Å²) in [5, 5.41) is 5.57. The Morgan fingerprint density at radius 2 is 1.63 bits per heavy atom. The highest BCUT2D eigenvalue weighted by Crippen LogP contribution is 2.13. The Morgan fingerprint density at radius 1 is 1.04 bits per heavy atom. The number of amides is 2. The third-order valence-corrected chi connectivity index (χ3v) is 5.98. The zero-order valence-corrected chi connectivity index (χ0v) is 17.6. The number of carbonyl (C=O) groups is 2. The highest BCUT2D eigenvalue weighted by atomic mass is 32.2. The molecule has 0 aliphatic heterocycles. The van der Waals surface area contributed by atoms with Crippen molar-refractivity contribution in [2.75, 3.05) is 11.9 Å². The SMILES string of the molecule is CC(C)NC(=O)c1ccc(NC(=O)CCCCNS(=O)(=O)C(C)(C)C)cc1. The molecule has 0 saturated carbocycles. The third-order valence-electron chi connectivity index (χ3n) is 3.78. The highest BCUT2D eigenvalue weighted by Gasteiger charge is 2.27. The summed E-state index contributed by atoms with van der Waals surface area (Å²) < 4.78 is 25.5. The van der Waals surface area contributed by atoms with Gasteiger partial charge in [0.2, 0.25) is 15.9 Å². The summed E-state index contributed by atoms with van der Waals surface area (Å²) in [6.45, 7) is 9.01. The van der Waals surface area contributed by atoms with Crippen molar-refractivity contribution in [2.45, 2.75) is 64.7 Å². The molecule has 1 aromatic rings. The van der Waals surface area contributed by atoms with Crippen LogP contribution in [0.15, 0.2) is 24.3 Å². The zero-order chi connectivity index (χ0) is 20.7. The number of hydrogen-bond acceptors (Lipinski definition) is 4. The fraction of sp³-hybridized carbons (Fsp3) is 0.579. The van der Waals surface area contributed by atoms with Crippen molar-refractivity contribution in [3.63, 3.8) is 0 Å². The molecule has 0 radical (unpaired) electrons. The summed E-state index contributed by atoms with van der Waals surface area (Å²) in [5.41, 5.74) is 1.15. The molecule has 0 fully saturated rings. The zero-order valence-electron chi connectivity index (χ0n) is 16.8. The van der Waals surface area contributed by atoms with Crippen LogP contribution in [-0.2, 0) is 14.8 Å². The predicted octanol–water partition coefficient (Wildman–Crippen LogP) is 2.65. The van der Waals surface area contributed by atoms with E-state index in [0.29, 0.717) is 37.1 Å². The summed E-state index contributed by atoms with van der Waals surface area (Å²) in [6.07, 6.45) is 1.46. The first kappa shape index (κ1) is 23.1. The van der Waals surface area contributed by atoms with Gasteiger partial charge in [0, 0.05) is 30.3 Å². The molecule has 152 valence electrons. The molecule has 2 amide bonds. The third kappa shape index (κ3) is 8.09. The van der Waals surface area contributed by atoms with E-state index >= 15 is 0 Å². The van der Waals surface area contributed by atoms with Gasteiger partial charge in [-0.1, -0.05) is 0 Å². The van der Waals surface area contributed by atoms with E-state index in [1.54, 1.807) is 45.0 Å². The van der Waals surface area contributed by atoms with E-state index in [1.807, 2.05) is 13.8 Å². The van der Waals surface area contributed by atoms with Crippen LogP contribution in [0.3, 0.4) is 0 Å². The summed E-state index contributed by atoms with van der Waals surface area (Å²) >= 11 is 0. The molecule has 1 rings (SSSR count). The van der Waals surface area contributed by atoms with Gasteiger partial charge in [-0.25, -0.2) is 13.1 Å². The Hall–Kier alpha value is -1.93. The topological polar surface area (TPSA) is 104 Å². The van der Waals surface area contributed by atoms with E-state index in [1.165, 1.54) is 0 Å². The number of rotatable bonds is 9. The second kappa shape index (κ2) is 9.85. The Morgan fingerprint density at radius 3 is 2.15 bits per heavy atom. The fourth-order valence-electron chi connectivity index (χ4n) is 2.11. The minimum absolute atomic E-state index is 0.0600. The fourth-order valence-corrected chi connectivity index (χ4v) is 2.95. The molecule has 0 unspecified atom stereocenters. The molecule has 0 bridgehead atoms. The van der Waals surface area contributed by atoms with Crippen molar-refractivity contribution in [1.82, 2.24) is 10.0 Å². The monoisotopic (exact) mass is 397 g/mol. The summed E-state index contributed by atoms with van der Waals surface area (Å²) in [6, 6.07) is 6.75. The van der Waals surface area contributed by atoms with Crippen LogP contribution < -0.4 is 15.4 Å². The van der Waals surface area contributed by atoms with Crippen LogP contribution in [0.25, 0.3) is 0 Å². The van der Waals surface area contributed by atoms with Crippen LogP contribution in [0.2, 0.25) is 0 Å². The van der Waals surface area contributed by atoms with Crippen LogP contribution in [0, 0.1) is 0 Å². The van der Waals surface area contributed by atoms with Gasteiger partial charge in [0.05, 0.1) is 4.75 Å². The number of hydrogen-bond donors (Lipinski definition) is 3. The largest absolute Gasteiger partial charge is 0.350 e. The quantitative estimate of drug-likeness (QED) is 0.557. The van der Waals surface area contributed by atoms with Crippen LogP contribution in [0.1, 0.15) is 64.2 Å². The summed E-state index contributed by atoms with van der Waals surface area (Å²) in [5.74, 6) is -0.298. The van der Waals surface area contributed by atoms with Crippen LogP contribution >= 0.6 is 0 Å². The van der Waals surface area contributed by atoms with E-state index in [4.69, 9.17) is 0 Å². The summed E-state index contributed by atoms with van der Waals surface area (Å²) in [7, 11) is -3.35. The molecule has 0 heterocycles. The number of unbranched alkanes of at least 4 members (excludes halogenated alkanes) is 1. The summed E-state index contributed by atoms with van der Waals surface area (Å²) in [4.78, 5) is 23.8. The lowest BCUT2D eigenvalue weighted by Gasteiger charge is -2.19. The molecule has 0 aliphatic rings. The molecule has 0 spiro atoms. The van der Waals surface area contributed by atoms with E-state index in [0.717, 1.165) is 0 Å².